The maximum Gasteiger partial charge on any atom is 0.340 e. The van der Waals surface area contributed by atoms with E-state index in [9.17, 15) is 14.4 Å². The largest absolute Gasteiger partial charge is 0.459 e. The fourth-order valence-corrected chi connectivity index (χ4v) is 2.18. The number of hydrogen-bond donors (Lipinski definition) is 3. The lowest BCUT2D eigenvalue weighted by Crippen LogP contribution is -2.42. The van der Waals surface area contributed by atoms with E-state index in [1.807, 2.05) is 0 Å². The van der Waals surface area contributed by atoms with Gasteiger partial charge in [-0.3, -0.25) is 20.4 Å². The quantitative estimate of drug-likeness (QED) is 0.577. The molecule has 0 saturated heterocycles. The van der Waals surface area contributed by atoms with Crippen LogP contribution in [0.4, 0.5) is 0 Å². The molecule has 1 heterocycles. The Morgan fingerprint density at radius 1 is 1.18 bits per heavy atom. The van der Waals surface area contributed by atoms with E-state index in [0.717, 1.165) is 12.8 Å². The summed E-state index contributed by atoms with van der Waals surface area (Å²) in [6.07, 6.45) is 1.47. The number of carbonyl (C=O) groups excluding carboxylic acids is 3. The van der Waals surface area contributed by atoms with Crippen LogP contribution in [0.25, 0.3) is 0 Å². The van der Waals surface area contributed by atoms with Crippen LogP contribution in [0.15, 0.2) is 0 Å². The van der Waals surface area contributed by atoms with Crippen LogP contribution in [-0.4, -0.2) is 28.9 Å². The minimum absolute atomic E-state index is 0.00311. The number of H-pyrrole nitrogens is 1. The Morgan fingerprint density at radius 2 is 1.82 bits per heavy atom. The van der Waals surface area contributed by atoms with E-state index in [0.29, 0.717) is 16.8 Å². The summed E-state index contributed by atoms with van der Waals surface area (Å²) in [5.74, 6) is -1.14. The highest BCUT2D eigenvalue weighted by Crippen LogP contribution is 2.28. The Morgan fingerprint density at radius 3 is 2.36 bits per heavy atom. The monoisotopic (exact) mass is 307 g/mol. The van der Waals surface area contributed by atoms with Crippen molar-refractivity contribution in [1.29, 1.82) is 0 Å². The van der Waals surface area contributed by atoms with Crippen molar-refractivity contribution in [3.8, 4) is 0 Å². The molecule has 0 aliphatic heterocycles. The van der Waals surface area contributed by atoms with Gasteiger partial charge < -0.3 is 9.72 Å². The first-order valence-electron chi connectivity index (χ1n) is 7.31. The third-order valence-electron chi connectivity index (χ3n) is 3.46. The number of ether oxygens (including phenoxy) is 1. The smallest absolute Gasteiger partial charge is 0.340 e. The average Bonchev–Trinajstić information content (AvgIpc) is 3.21. The Hall–Kier alpha value is -2.31. The number of aryl methyl sites for hydroxylation is 1. The molecule has 0 spiro atoms. The van der Waals surface area contributed by atoms with Crippen molar-refractivity contribution < 1.29 is 19.1 Å². The van der Waals surface area contributed by atoms with Crippen molar-refractivity contribution in [2.24, 2.45) is 5.92 Å². The van der Waals surface area contributed by atoms with Gasteiger partial charge in [0.25, 0.3) is 5.91 Å². The highest BCUT2D eigenvalue weighted by molar-refractivity contribution is 6.01. The molecule has 2 rings (SSSR count). The van der Waals surface area contributed by atoms with Crippen LogP contribution in [0.1, 0.15) is 58.8 Å². The second-order valence-corrected chi connectivity index (χ2v) is 5.80. The molecule has 1 aromatic heterocycles. The van der Waals surface area contributed by atoms with Crippen LogP contribution in [0.2, 0.25) is 0 Å². The van der Waals surface area contributed by atoms with Gasteiger partial charge in [0.15, 0.2) is 0 Å². The van der Waals surface area contributed by atoms with Crippen LogP contribution < -0.4 is 10.9 Å². The van der Waals surface area contributed by atoms with E-state index in [2.05, 4.69) is 15.8 Å². The predicted molar refractivity (Wildman–Crippen MR) is 79.2 cm³/mol. The molecule has 1 aliphatic rings. The lowest BCUT2D eigenvalue weighted by Gasteiger charge is -2.08. The van der Waals surface area contributed by atoms with Gasteiger partial charge in [0.2, 0.25) is 5.91 Å². The molecule has 120 valence electrons. The molecule has 0 unspecified atom stereocenters. The van der Waals surface area contributed by atoms with Crippen molar-refractivity contribution in [1.82, 2.24) is 15.8 Å². The molecule has 1 saturated carbocycles. The van der Waals surface area contributed by atoms with E-state index in [-0.39, 0.29) is 23.6 Å². The zero-order valence-corrected chi connectivity index (χ0v) is 13.2. The van der Waals surface area contributed by atoms with Gasteiger partial charge in [0.1, 0.15) is 5.69 Å². The summed E-state index contributed by atoms with van der Waals surface area (Å²) >= 11 is 0. The van der Waals surface area contributed by atoms with Crippen LogP contribution in [0.5, 0.6) is 0 Å². The number of hydrogen-bond acceptors (Lipinski definition) is 4. The van der Waals surface area contributed by atoms with Gasteiger partial charge >= 0.3 is 5.97 Å². The third-order valence-corrected chi connectivity index (χ3v) is 3.46. The zero-order valence-electron chi connectivity index (χ0n) is 13.2. The van der Waals surface area contributed by atoms with Crippen LogP contribution in [0.3, 0.4) is 0 Å². The number of esters is 1. The minimum Gasteiger partial charge on any atom is -0.459 e. The van der Waals surface area contributed by atoms with E-state index in [1.54, 1.807) is 27.7 Å². The summed E-state index contributed by atoms with van der Waals surface area (Å²) < 4.78 is 5.17. The summed E-state index contributed by atoms with van der Waals surface area (Å²) in [5, 5.41) is 0. The van der Waals surface area contributed by atoms with Gasteiger partial charge in [0, 0.05) is 11.6 Å². The topological polar surface area (TPSA) is 100 Å². The number of nitrogens with one attached hydrogen (secondary N) is 3. The van der Waals surface area contributed by atoms with E-state index < -0.39 is 11.9 Å². The number of aromatic amines is 1. The van der Waals surface area contributed by atoms with Crippen LogP contribution in [-0.2, 0) is 9.53 Å². The average molecular weight is 307 g/mol. The second kappa shape index (κ2) is 6.21. The second-order valence-electron chi connectivity index (χ2n) is 5.80. The van der Waals surface area contributed by atoms with Crippen molar-refractivity contribution in [2.75, 3.05) is 0 Å². The lowest BCUT2D eigenvalue weighted by atomic mass is 10.1. The summed E-state index contributed by atoms with van der Waals surface area (Å²) in [6.45, 7) is 6.88. The molecule has 1 aromatic rings. The summed E-state index contributed by atoms with van der Waals surface area (Å²) in [5.41, 5.74) is 6.40. The lowest BCUT2D eigenvalue weighted by molar-refractivity contribution is -0.123. The number of amides is 2. The van der Waals surface area contributed by atoms with Crippen molar-refractivity contribution in [3.05, 3.63) is 22.5 Å². The molecular weight excluding hydrogens is 286 g/mol. The highest BCUT2D eigenvalue weighted by Gasteiger charge is 2.30. The molecule has 1 aliphatic carbocycles. The van der Waals surface area contributed by atoms with E-state index >= 15 is 0 Å². The molecule has 22 heavy (non-hydrogen) atoms. The molecule has 0 radical (unpaired) electrons. The summed E-state index contributed by atoms with van der Waals surface area (Å²) in [6, 6.07) is 0. The predicted octanol–water partition coefficient (Wildman–Crippen LogP) is 1.37. The SMILES string of the molecule is Cc1[nH]c(C(=O)NNC(=O)C2CC2)c(C)c1C(=O)OC(C)C. The number of rotatable bonds is 4. The van der Waals surface area contributed by atoms with Gasteiger partial charge in [-0.25, -0.2) is 4.79 Å². The Labute approximate surface area is 128 Å². The zero-order chi connectivity index (χ0) is 16.4. The van der Waals surface area contributed by atoms with Gasteiger partial charge in [-0.15, -0.1) is 0 Å². The standard InChI is InChI=1S/C15H21N3O4/c1-7(2)22-15(21)11-8(3)12(16-9(11)4)14(20)18-17-13(19)10-5-6-10/h7,10,16H,5-6H2,1-4H3,(H,17,19)(H,18,20). The molecule has 1 fully saturated rings. The molecule has 0 atom stereocenters. The maximum absolute atomic E-state index is 12.1. The molecule has 0 bridgehead atoms. The van der Waals surface area contributed by atoms with Crippen LogP contribution in [0, 0.1) is 19.8 Å². The normalized spacial score (nSPS) is 13.9. The third kappa shape index (κ3) is 3.47. The van der Waals surface area contributed by atoms with Gasteiger partial charge in [-0.2, -0.15) is 0 Å². The van der Waals surface area contributed by atoms with Crippen molar-refractivity contribution in [2.45, 2.75) is 46.6 Å². The molecule has 7 nitrogen and oxygen atoms in total. The number of aromatic nitrogens is 1. The molecular formula is C15H21N3O4. The maximum atomic E-state index is 12.1. The molecule has 0 aromatic carbocycles. The van der Waals surface area contributed by atoms with Crippen LogP contribution >= 0.6 is 0 Å². The Kier molecular flexibility index (Phi) is 4.54. The Bertz CT molecular complexity index is 615. The first-order chi connectivity index (χ1) is 10.3. The minimum atomic E-state index is -0.488. The first kappa shape index (κ1) is 16.1. The molecule has 2 amide bonds. The number of hydrazine groups is 1. The summed E-state index contributed by atoms with van der Waals surface area (Å²) in [4.78, 5) is 38.6. The summed E-state index contributed by atoms with van der Waals surface area (Å²) in [7, 11) is 0. The van der Waals surface area contributed by atoms with Crippen molar-refractivity contribution >= 4 is 17.8 Å². The van der Waals surface area contributed by atoms with Crippen molar-refractivity contribution in [3.63, 3.8) is 0 Å². The van der Waals surface area contributed by atoms with Gasteiger partial charge in [-0.1, -0.05) is 0 Å². The highest BCUT2D eigenvalue weighted by atomic mass is 16.5. The van der Waals surface area contributed by atoms with E-state index in [4.69, 9.17) is 4.74 Å². The fourth-order valence-electron chi connectivity index (χ4n) is 2.18. The number of carbonyl (C=O) groups is 3. The molecule has 7 heteroatoms. The molecule has 3 N–H and O–H groups in total. The van der Waals surface area contributed by atoms with Gasteiger partial charge in [0.05, 0.1) is 11.7 Å². The fraction of sp³-hybridized carbons (Fsp3) is 0.533. The van der Waals surface area contributed by atoms with E-state index in [1.165, 1.54) is 0 Å². The Balaban J connectivity index is 2.09. The first-order valence-corrected chi connectivity index (χ1v) is 7.31. The van der Waals surface area contributed by atoms with Gasteiger partial charge in [-0.05, 0) is 46.1 Å².